The fourth-order valence-electron chi connectivity index (χ4n) is 2.75. The maximum atomic E-state index is 12.4. The lowest BCUT2D eigenvalue weighted by Gasteiger charge is -2.08. The summed E-state index contributed by atoms with van der Waals surface area (Å²) in [7, 11) is 6.05. The van der Waals surface area contributed by atoms with Gasteiger partial charge in [-0.3, -0.25) is 9.59 Å². The van der Waals surface area contributed by atoms with Gasteiger partial charge in [-0.2, -0.15) is 0 Å². The monoisotopic (exact) mass is 424 g/mol. The number of aldehydes is 1. The number of carbonyl (C=O) groups excluding carboxylic acids is 3. The molecular formula is C24H24O7. The quantitative estimate of drug-likeness (QED) is 0.310. The first-order valence-corrected chi connectivity index (χ1v) is 9.30. The van der Waals surface area contributed by atoms with Gasteiger partial charge in [0.05, 0.1) is 28.4 Å². The van der Waals surface area contributed by atoms with Crippen molar-refractivity contribution in [2.75, 3.05) is 28.4 Å². The number of ketones is 2. The highest BCUT2D eigenvalue weighted by molar-refractivity contribution is 6.21. The zero-order valence-electron chi connectivity index (χ0n) is 17.8. The summed E-state index contributed by atoms with van der Waals surface area (Å²) in [4.78, 5) is 36.2. The van der Waals surface area contributed by atoms with E-state index in [-0.39, 0.29) is 0 Å². The first-order chi connectivity index (χ1) is 15.0. The number of rotatable bonds is 11. The zero-order chi connectivity index (χ0) is 22.8. The average molecular weight is 424 g/mol. The van der Waals surface area contributed by atoms with Gasteiger partial charge in [-0.05, 0) is 47.5 Å². The molecule has 7 nitrogen and oxygen atoms in total. The van der Waals surface area contributed by atoms with E-state index in [0.29, 0.717) is 40.4 Å². The minimum absolute atomic E-state index is 0.336. The Balaban J connectivity index is 2.13. The smallest absolute Gasteiger partial charge is 0.173 e. The Kier molecular flexibility index (Phi) is 8.57. The van der Waals surface area contributed by atoms with Crippen LogP contribution in [0.25, 0.3) is 12.2 Å². The van der Waals surface area contributed by atoms with Crippen LogP contribution in [-0.4, -0.2) is 46.3 Å². The fraction of sp³-hybridized carbons (Fsp3) is 0.208. The largest absolute Gasteiger partial charge is 0.493 e. The summed E-state index contributed by atoms with van der Waals surface area (Å²) in [6, 6.07) is 10.2. The van der Waals surface area contributed by atoms with Crippen LogP contribution in [0.4, 0.5) is 0 Å². The van der Waals surface area contributed by atoms with Crippen molar-refractivity contribution in [3.05, 3.63) is 59.7 Å². The molecule has 31 heavy (non-hydrogen) atoms. The number of hydrogen-bond acceptors (Lipinski definition) is 7. The molecular weight excluding hydrogens is 400 g/mol. The first kappa shape index (κ1) is 23.4. The molecule has 0 aromatic heterocycles. The van der Waals surface area contributed by atoms with Gasteiger partial charge in [0, 0.05) is 0 Å². The van der Waals surface area contributed by atoms with Crippen LogP contribution in [0.2, 0.25) is 0 Å². The maximum Gasteiger partial charge on any atom is 0.173 e. The van der Waals surface area contributed by atoms with E-state index < -0.39 is 17.5 Å². The molecule has 2 aromatic rings. The molecule has 0 N–H and O–H groups in total. The van der Waals surface area contributed by atoms with Gasteiger partial charge < -0.3 is 23.7 Å². The highest BCUT2D eigenvalue weighted by Gasteiger charge is 2.22. The molecule has 2 aromatic carbocycles. The van der Waals surface area contributed by atoms with Crippen molar-refractivity contribution in [3.8, 4) is 23.0 Å². The number of benzene rings is 2. The van der Waals surface area contributed by atoms with E-state index in [0.717, 1.165) is 0 Å². The highest BCUT2D eigenvalue weighted by atomic mass is 16.5. The number of allylic oxidation sites excluding steroid dienone is 2. The second-order valence-electron chi connectivity index (χ2n) is 6.31. The van der Waals surface area contributed by atoms with Gasteiger partial charge in [-0.25, -0.2) is 0 Å². The van der Waals surface area contributed by atoms with Crippen LogP contribution in [0.3, 0.4) is 0 Å². The van der Waals surface area contributed by atoms with Crippen LogP contribution in [0.5, 0.6) is 23.0 Å². The predicted molar refractivity (Wildman–Crippen MR) is 117 cm³/mol. The van der Waals surface area contributed by atoms with Gasteiger partial charge in [0.25, 0.3) is 0 Å². The van der Waals surface area contributed by atoms with Gasteiger partial charge in [0.2, 0.25) is 0 Å². The molecule has 0 radical (unpaired) electrons. The van der Waals surface area contributed by atoms with Crippen LogP contribution < -0.4 is 18.9 Å². The zero-order valence-corrected chi connectivity index (χ0v) is 17.8. The molecule has 0 spiro atoms. The molecule has 0 bridgehead atoms. The van der Waals surface area contributed by atoms with Gasteiger partial charge in [-0.15, -0.1) is 0 Å². The van der Waals surface area contributed by atoms with Crippen molar-refractivity contribution in [1.29, 1.82) is 0 Å². The Bertz CT molecular complexity index is 927. The number of carbonyl (C=O) groups is 3. The van der Waals surface area contributed by atoms with Crippen molar-refractivity contribution in [2.24, 2.45) is 5.92 Å². The molecule has 0 atom stereocenters. The lowest BCUT2D eigenvalue weighted by atomic mass is 9.98. The molecule has 0 saturated carbocycles. The van der Waals surface area contributed by atoms with Crippen LogP contribution >= 0.6 is 0 Å². The molecule has 0 aliphatic heterocycles. The molecule has 0 fully saturated rings. The summed E-state index contributed by atoms with van der Waals surface area (Å²) < 4.78 is 20.8. The Morgan fingerprint density at radius 2 is 1.06 bits per heavy atom. The molecule has 0 unspecified atom stereocenters. The molecule has 162 valence electrons. The molecule has 7 heteroatoms. The second kappa shape index (κ2) is 11.3. The summed E-state index contributed by atoms with van der Waals surface area (Å²) in [5.41, 5.74) is 1.31. The standard InChI is InChI=1S/C24H24O7/c1-28-21-11-7-16(13-23(21)30-3)5-9-19(26)18(15-25)20(27)10-6-17-8-12-22(29-2)24(14-17)31-4/h5-15,18H,1-4H3. The normalized spacial score (nSPS) is 11.9. The van der Waals surface area contributed by atoms with E-state index in [4.69, 9.17) is 18.9 Å². The predicted octanol–water partition coefficient (Wildman–Crippen LogP) is 3.40. The van der Waals surface area contributed by atoms with E-state index in [1.54, 1.807) is 36.4 Å². The SMILES string of the molecule is COc1ccc(C=CC(=O)C(C=O)C(=O)C=Cc2ccc(OC)c(OC)c2)cc1OC. The molecule has 2 rings (SSSR count). The Hall–Kier alpha value is -3.87. The average Bonchev–Trinajstić information content (AvgIpc) is 2.81. The Morgan fingerprint density at radius 1 is 0.677 bits per heavy atom. The first-order valence-electron chi connectivity index (χ1n) is 9.30. The summed E-state index contributed by atoms with van der Waals surface area (Å²) in [5.74, 6) is -0.568. The molecule has 0 saturated heterocycles. The fourth-order valence-corrected chi connectivity index (χ4v) is 2.75. The number of hydrogen-bond donors (Lipinski definition) is 0. The van der Waals surface area contributed by atoms with Crippen molar-refractivity contribution in [1.82, 2.24) is 0 Å². The summed E-state index contributed by atoms with van der Waals surface area (Å²) >= 11 is 0. The Morgan fingerprint density at radius 3 is 1.39 bits per heavy atom. The Labute approximate surface area is 180 Å². The van der Waals surface area contributed by atoms with Gasteiger partial charge in [-0.1, -0.05) is 24.3 Å². The highest BCUT2D eigenvalue weighted by Crippen LogP contribution is 2.29. The lowest BCUT2D eigenvalue weighted by Crippen LogP contribution is -2.22. The topological polar surface area (TPSA) is 88.1 Å². The van der Waals surface area contributed by atoms with Crippen LogP contribution in [0.15, 0.2) is 48.6 Å². The maximum absolute atomic E-state index is 12.4. The molecule has 0 amide bonds. The van der Waals surface area contributed by atoms with Crippen molar-refractivity contribution < 1.29 is 33.3 Å². The number of ether oxygens (including phenoxy) is 4. The van der Waals surface area contributed by atoms with Crippen molar-refractivity contribution in [2.45, 2.75) is 0 Å². The third-order valence-corrected chi connectivity index (χ3v) is 4.44. The van der Waals surface area contributed by atoms with Crippen LogP contribution in [-0.2, 0) is 14.4 Å². The third-order valence-electron chi connectivity index (χ3n) is 4.44. The van der Waals surface area contributed by atoms with Crippen LogP contribution in [0.1, 0.15) is 11.1 Å². The minimum Gasteiger partial charge on any atom is -0.493 e. The summed E-state index contributed by atoms with van der Waals surface area (Å²) in [6.45, 7) is 0. The third kappa shape index (κ3) is 6.05. The van der Waals surface area contributed by atoms with E-state index in [9.17, 15) is 14.4 Å². The van der Waals surface area contributed by atoms with Crippen molar-refractivity contribution >= 4 is 30.0 Å². The van der Waals surface area contributed by atoms with Crippen molar-refractivity contribution in [3.63, 3.8) is 0 Å². The second-order valence-corrected chi connectivity index (χ2v) is 6.31. The summed E-state index contributed by atoms with van der Waals surface area (Å²) in [5, 5.41) is 0. The van der Waals surface area contributed by atoms with Gasteiger partial charge in [0.1, 0.15) is 12.2 Å². The molecule has 0 aliphatic carbocycles. The summed E-state index contributed by atoms with van der Waals surface area (Å²) in [6.07, 6.45) is 5.74. The molecule has 0 heterocycles. The number of methoxy groups -OCH3 is 4. The van der Waals surface area contributed by atoms with E-state index in [2.05, 4.69) is 0 Å². The van der Waals surface area contributed by atoms with E-state index in [1.165, 1.54) is 52.7 Å². The minimum atomic E-state index is -1.42. The van der Waals surface area contributed by atoms with Crippen LogP contribution in [0, 0.1) is 5.92 Å². The lowest BCUT2D eigenvalue weighted by molar-refractivity contribution is -0.131. The van der Waals surface area contributed by atoms with Gasteiger partial charge >= 0.3 is 0 Å². The van der Waals surface area contributed by atoms with E-state index in [1.807, 2.05) is 0 Å². The van der Waals surface area contributed by atoms with E-state index >= 15 is 0 Å². The molecule has 0 aliphatic rings. The van der Waals surface area contributed by atoms with Gasteiger partial charge in [0.15, 0.2) is 34.6 Å².